The van der Waals surface area contributed by atoms with E-state index in [-0.39, 0.29) is 11.3 Å². The largest absolute Gasteiger partial charge is 0.497 e. The highest BCUT2D eigenvalue weighted by Gasteiger charge is 2.53. The SMILES string of the molecule is COc1ccc(CN2CC3(CCN(C(=O)CCC4CCCC4)CC3)C2=O)cc1. The van der Waals surface area contributed by atoms with Crippen LogP contribution in [0.1, 0.15) is 56.9 Å². The molecule has 152 valence electrons. The summed E-state index contributed by atoms with van der Waals surface area (Å²) in [6, 6.07) is 7.90. The molecule has 0 radical (unpaired) electrons. The molecule has 0 bridgehead atoms. The summed E-state index contributed by atoms with van der Waals surface area (Å²) >= 11 is 0. The smallest absolute Gasteiger partial charge is 0.231 e. The van der Waals surface area contributed by atoms with Crippen LogP contribution in [0.3, 0.4) is 0 Å². The fraction of sp³-hybridized carbons (Fsp3) is 0.652. The number of methoxy groups -OCH3 is 1. The van der Waals surface area contributed by atoms with Crippen LogP contribution < -0.4 is 4.74 Å². The minimum absolute atomic E-state index is 0.214. The molecule has 1 aromatic carbocycles. The Hall–Kier alpha value is -2.04. The minimum atomic E-state index is -0.214. The minimum Gasteiger partial charge on any atom is -0.497 e. The quantitative estimate of drug-likeness (QED) is 0.704. The first kappa shape index (κ1) is 19.3. The zero-order chi connectivity index (χ0) is 19.6. The molecule has 1 spiro atoms. The van der Waals surface area contributed by atoms with Crippen molar-refractivity contribution in [1.82, 2.24) is 9.80 Å². The molecule has 5 nitrogen and oxygen atoms in total. The molecule has 1 aliphatic carbocycles. The Balaban J connectivity index is 1.23. The summed E-state index contributed by atoms with van der Waals surface area (Å²) < 4.78 is 5.19. The summed E-state index contributed by atoms with van der Waals surface area (Å²) in [7, 11) is 1.66. The van der Waals surface area contributed by atoms with Crippen molar-refractivity contribution < 1.29 is 14.3 Å². The van der Waals surface area contributed by atoms with E-state index in [0.717, 1.165) is 56.1 Å². The topological polar surface area (TPSA) is 49.9 Å². The second-order valence-electron chi connectivity index (χ2n) is 8.86. The van der Waals surface area contributed by atoms with Gasteiger partial charge in [0.1, 0.15) is 5.75 Å². The lowest BCUT2D eigenvalue weighted by Crippen LogP contribution is -2.64. The summed E-state index contributed by atoms with van der Waals surface area (Å²) in [5.74, 6) is 2.16. The fourth-order valence-electron chi connectivity index (χ4n) is 5.17. The standard InChI is InChI=1S/C23H32N2O3/c1-28-20-9-6-19(7-10-20)16-25-17-23(22(25)27)12-14-24(15-13-23)21(26)11-8-18-4-2-3-5-18/h6-7,9-10,18H,2-5,8,11-17H2,1H3. The number of hydrogen-bond acceptors (Lipinski definition) is 3. The molecule has 28 heavy (non-hydrogen) atoms. The monoisotopic (exact) mass is 384 g/mol. The molecule has 2 aliphatic heterocycles. The second-order valence-corrected chi connectivity index (χ2v) is 8.86. The highest BCUT2D eigenvalue weighted by Crippen LogP contribution is 2.42. The third kappa shape index (κ3) is 3.89. The predicted octanol–water partition coefficient (Wildman–Crippen LogP) is 3.62. The number of rotatable bonds is 6. The maximum atomic E-state index is 12.8. The summed E-state index contributed by atoms with van der Waals surface area (Å²) in [4.78, 5) is 29.3. The van der Waals surface area contributed by atoms with E-state index in [1.807, 2.05) is 34.1 Å². The van der Waals surface area contributed by atoms with Crippen molar-refractivity contribution in [3.63, 3.8) is 0 Å². The first-order valence-corrected chi connectivity index (χ1v) is 10.8. The van der Waals surface area contributed by atoms with Gasteiger partial charge in [0.25, 0.3) is 0 Å². The van der Waals surface area contributed by atoms with Gasteiger partial charge in [-0.3, -0.25) is 9.59 Å². The lowest BCUT2D eigenvalue weighted by atomic mass is 9.71. The molecule has 2 amide bonds. The molecule has 2 heterocycles. The Morgan fingerprint density at radius 3 is 2.43 bits per heavy atom. The van der Waals surface area contributed by atoms with Crippen LogP contribution in [-0.4, -0.2) is 48.4 Å². The van der Waals surface area contributed by atoms with Gasteiger partial charge in [0.05, 0.1) is 12.5 Å². The number of β-lactam (4-membered cyclic amide) rings is 1. The normalized spacial score (nSPS) is 21.8. The van der Waals surface area contributed by atoms with Crippen molar-refractivity contribution in [2.45, 2.75) is 57.9 Å². The number of carbonyl (C=O) groups excluding carboxylic acids is 2. The molecule has 3 fully saturated rings. The van der Waals surface area contributed by atoms with Gasteiger partial charge in [0, 0.05) is 32.6 Å². The molecular weight excluding hydrogens is 352 g/mol. The van der Waals surface area contributed by atoms with Crippen LogP contribution >= 0.6 is 0 Å². The number of amides is 2. The first-order valence-electron chi connectivity index (χ1n) is 10.8. The van der Waals surface area contributed by atoms with E-state index in [2.05, 4.69) is 0 Å². The first-order chi connectivity index (χ1) is 13.6. The molecule has 0 atom stereocenters. The lowest BCUT2D eigenvalue weighted by molar-refractivity contribution is -0.168. The third-order valence-corrected chi connectivity index (χ3v) is 7.08. The van der Waals surface area contributed by atoms with E-state index in [9.17, 15) is 9.59 Å². The van der Waals surface area contributed by atoms with E-state index in [4.69, 9.17) is 4.74 Å². The maximum Gasteiger partial charge on any atom is 0.231 e. The molecule has 2 saturated heterocycles. The van der Waals surface area contributed by atoms with Crippen LogP contribution in [0.2, 0.25) is 0 Å². The van der Waals surface area contributed by atoms with Gasteiger partial charge in [-0.2, -0.15) is 0 Å². The van der Waals surface area contributed by atoms with Gasteiger partial charge in [0.15, 0.2) is 0 Å². The van der Waals surface area contributed by atoms with Crippen molar-refractivity contribution in [3.8, 4) is 5.75 Å². The van der Waals surface area contributed by atoms with Crippen molar-refractivity contribution in [2.75, 3.05) is 26.7 Å². The summed E-state index contributed by atoms with van der Waals surface area (Å²) in [5, 5.41) is 0. The van der Waals surface area contributed by atoms with E-state index in [1.54, 1.807) is 7.11 Å². The highest BCUT2D eigenvalue weighted by atomic mass is 16.5. The van der Waals surface area contributed by atoms with Crippen molar-refractivity contribution in [1.29, 1.82) is 0 Å². The van der Waals surface area contributed by atoms with Gasteiger partial charge in [-0.15, -0.1) is 0 Å². The number of benzene rings is 1. The Morgan fingerprint density at radius 2 is 1.82 bits per heavy atom. The van der Waals surface area contributed by atoms with Gasteiger partial charge in [-0.05, 0) is 42.9 Å². The van der Waals surface area contributed by atoms with Gasteiger partial charge >= 0.3 is 0 Å². The zero-order valence-electron chi connectivity index (χ0n) is 17.0. The molecule has 5 heteroatoms. The van der Waals surface area contributed by atoms with Crippen molar-refractivity contribution in [2.24, 2.45) is 11.3 Å². The molecule has 0 aromatic heterocycles. The zero-order valence-corrected chi connectivity index (χ0v) is 17.0. The number of nitrogens with zero attached hydrogens (tertiary/aromatic N) is 2. The average molecular weight is 385 g/mol. The highest BCUT2D eigenvalue weighted by molar-refractivity contribution is 5.89. The van der Waals surface area contributed by atoms with Crippen LogP contribution in [-0.2, 0) is 16.1 Å². The summed E-state index contributed by atoms with van der Waals surface area (Å²) in [6.45, 7) is 2.97. The van der Waals surface area contributed by atoms with Crippen LogP contribution in [0.4, 0.5) is 0 Å². The van der Waals surface area contributed by atoms with Crippen LogP contribution in [0.25, 0.3) is 0 Å². The molecule has 1 saturated carbocycles. The molecule has 0 unspecified atom stereocenters. The average Bonchev–Trinajstić information content (AvgIpc) is 3.26. The van der Waals surface area contributed by atoms with Gasteiger partial charge in [-0.1, -0.05) is 37.8 Å². The van der Waals surface area contributed by atoms with Crippen LogP contribution in [0.5, 0.6) is 5.75 Å². The molecular formula is C23H32N2O3. The van der Waals surface area contributed by atoms with E-state index in [0.29, 0.717) is 18.9 Å². The Bertz CT molecular complexity index is 701. The summed E-state index contributed by atoms with van der Waals surface area (Å²) in [5.41, 5.74) is 0.915. The van der Waals surface area contributed by atoms with Crippen LogP contribution in [0.15, 0.2) is 24.3 Å². The van der Waals surface area contributed by atoms with Gasteiger partial charge in [0.2, 0.25) is 11.8 Å². The maximum absolute atomic E-state index is 12.8. The van der Waals surface area contributed by atoms with E-state index < -0.39 is 0 Å². The summed E-state index contributed by atoms with van der Waals surface area (Å²) in [6.07, 6.45) is 8.65. The number of ether oxygens (including phenoxy) is 1. The fourth-order valence-corrected chi connectivity index (χ4v) is 5.17. The Labute approximate surface area is 168 Å². The lowest BCUT2D eigenvalue weighted by Gasteiger charge is -2.52. The van der Waals surface area contributed by atoms with Crippen LogP contribution in [0, 0.1) is 11.3 Å². The predicted molar refractivity (Wildman–Crippen MR) is 108 cm³/mol. The molecule has 0 N–H and O–H groups in total. The number of likely N-dealkylation sites (tertiary alicyclic amines) is 2. The van der Waals surface area contributed by atoms with Gasteiger partial charge in [-0.25, -0.2) is 0 Å². The Kier molecular flexibility index (Phi) is 5.61. The molecule has 1 aromatic rings. The van der Waals surface area contributed by atoms with E-state index >= 15 is 0 Å². The molecule has 3 aliphatic rings. The number of piperidine rings is 1. The van der Waals surface area contributed by atoms with E-state index in [1.165, 1.54) is 25.7 Å². The van der Waals surface area contributed by atoms with Gasteiger partial charge < -0.3 is 14.5 Å². The van der Waals surface area contributed by atoms with Crippen molar-refractivity contribution in [3.05, 3.63) is 29.8 Å². The second kappa shape index (κ2) is 8.14. The number of carbonyl (C=O) groups is 2. The van der Waals surface area contributed by atoms with Crippen molar-refractivity contribution >= 4 is 11.8 Å². The third-order valence-electron chi connectivity index (χ3n) is 7.08. The molecule has 4 rings (SSSR count). The Morgan fingerprint density at radius 1 is 1.14 bits per heavy atom. The number of hydrogen-bond donors (Lipinski definition) is 0.